The van der Waals surface area contributed by atoms with E-state index < -0.39 is 14.8 Å². The summed E-state index contributed by atoms with van der Waals surface area (Å²) >= 11 is 0. The van der Waals surface area contributed by atoms with Crippen molar-refractivity contribution in [1.29, 1.82) is 0 Å². The smallest absolute Gasteiger partial charge is 0.293 e. The van der Waals surface area contributed by atoms with E-state index in [-0.39, 0.29) is 10.6 Å². The molecule has 7 heteroatoms. The van der Waals surface area contributed by atoms with Gasteiger partial charge in [0.05, 0.1) is 9.82 Å². The Kier molecular flexibility index (Phi) is 5.05. The Morgan fingerprint density at radius 1 is 1.32 bits per heavy atom. The van der Waals surface area contributed by atoms with Gasteiger partial charge in [-0.15, -0.1) is 0 Å². The van der Waals surface area contributed by atoms with Crippen molar-refractivity contribution < 1.29 is 13.3 Å². The highest BCUT2D eigenvalue weighted by atomic mass is 32.2. The fourth-order valence-electron chi connectivity index (χ4n) is 2.98. The maximum absolute atomic E-state index is 11.5. The minimum Gasteiger partial charge on any atom is -0.379 e. The van der Waals surface area contributed by atoms with E-state index in [0.717, 1.165) is 18.7 Å². The summed E-state index contributed by atoms with van der Waals surface area (Å²) in [4.78, 5) is 10.6. The largest absolute Gasteiger partial charge is 0.379 e. The van der Waals surface area contributed by atoms with Crippen LogP contribution in [0.15, 0.2) is 23.1 Å². The average Bonchev–Trinajstić information content (AvgIpc) is 2.45. The van der Waals surface area contributed by atoms with Crippen LogP contribution in [0.3, 0.4) is 0 Å². The van der Waals surface area contributed by atoms with E-state index in [4.69, 9.17) is 0 Å². The maximum Gasteiger partial charge on any atom is 0.293 e. The molecule has 0 aliphatic heterocycles. The lowest BCUT2D eigenvalue weighted by Gasteiger charge is -2.29. The van der Waals surface area contributed by atoms with Gasteiger partial charge in [-0.1, -0.05) is 26.2 Å². The van der Waals surface area contributed by atoms with E-state index in [2.05, 4.69) is 12.2 Å². The number of nitro groups is 1. The quantitative estimate of drug-likeness (QED) is 0.663. The van der Waals surface area contributed by atoms with Crippen molar-refractivity contribution in [2.24, 2.45) is 11.8 Å². The number of rotatable bonds is 5. The Bertz CT molecular complexity index is 658. The Morgan fingerprint density at radius 3 is 2.59 bits per heavy atom. The number of hydrogen-bond donors (Lipinski definition) is 1. The summed E-state index contributed by atoms with van der Waals surface area (Å²) in [5, 5.41) is 14.3. The van der Waals surface area contributed by atoms with Crippen molar-refractivity contribution in [2.45, 2.75) is 37.5 Å². The van der Waals surface area contributed by atoms with Gasteiger partial charge in [0.2, 0.25) is 0 Å². The number of nitrogens with one attached hydrogen (secondary N) is 1. The first-order chi connectivity index (χ1) is 10.3. The van der Waals surface area contributed by atoms with E-state index in [9.17, 15) is 18.5 Å². The van der Waals surface area contributed by atoms with Gasteiger partial charge < -0.3 is 5.32 Å². The summed E-state index contributed by atoms with van der Waals surface area (Å²) in [7, 11) is -3.45. The Morgan fingerprint density at radius 2 is 2.00 bits per heavy atom. The molecule has 6 nitrogen and oxygen atoms in total. The second-order valence-electron chi connectivity index (χ2n) is 6.11. The fraction of sp³-hybridized carbons (Fsp3) is 0.600. The normalized spacial score (nSPS) is 22.3. The Hall–Kier alpha value is -1.63. The molecule has 0 heterocycles. The molecule has 0 bridgehead atoms. The summed E-state index contributed by atoms with van der Waals surface area (Å²) in [6.07, 6.45) is 5.82. The third-order valence-corrected chi connectivity index (χ3v) is 5.55. The van der Waals surface area contributed by atoms with Crippen LogP contribution in [-0.4, -0.2) is 26.1 Å². The van der Waals surface area contributed by atoms with Crippen LogP contribution in [0, 0.1) is 22.0 Å². The first-order valence-corrected chi connectivity index (χ1v) is 9.40. The second-order valence-corrected chi connectivity index (χ2v) is 8.13. The maximum atomic E-state index is 11.5. The molecule has 1 aromatic rings. The van der Waals surface area contributed by atoms with Crippen LogP contribution in [0.2, 0.25) is 0 Å². The van der Waals surface area contributed by atoms with Crippen LogP contribution in [0.5, 0.6) is 0 Å². The first kappa shape index (κ1) is 16.7. The molecule has 1 aliphatic carbocycles. The molecule has 2 atom stereocenters. The van der Waals surface area contributed by atoms with Gasteiger partial charge in [0.15, 0.2) is 9.84 Å². The number of nitro benzene ring substituents is 1. The standard InChI is InChI=1S/C15H22N2O4S/c1-11-5-3-4-6-12(11)10-16-14-8-7-13(22(2,20)21)9-15(14)17(18)19/h7-9,11-12,16H,3-6,10H2,1-2H3. The van der Waals surface area contributed by atoms with Crippen molar-refractivity contribution in [3.63, 3.8) is 0 Å². The lowest BCUT2D eigenvalue weighted by molar-refractivity contribution is -0.384. The zero-order valence-electron chi connectivity index (χ0n) is 12.9. The van der Waals surface area contributed by atoms with Crippen LogP contribution < -0.4 is 5.32 Å². The van der Waals surface area contributed by atoms with Crippen molar-refractivity contribution in [2.75, 3.05) is 18.1 Å². The molecule has 0 saturated heterocycles. The monoisotopic (exact) mass is 326 g/mol. The molecule has 122 valence electrons. The molecule has 2 unspecified atom stereocenters. The van der Waals surface area contributed by atoms with E-state index >= 15 is 0 Å². The number of benzene rings is 1. The predicted molar refractivity (Wildman–Crippen MR) is 85.8 cm³/mol. The first-order valence-electron chi connectivity index (χ1n) is 7.51. The van der Waals surface area contributed by atoms with Crippen molar-refractivity contribution in [3.8, 4) is 0 Å². The molecule has 2 rings (SSSR count). The topological polar surface area (TPSA) is 89.3 Å². The van der Waals surface area contributed by atoms with Crippen molar-refractivity contribution in [1.82, 2.24) is 0 Å². The van der Waals surface area contributed by atoms with Crippen molar-refractivity contribution >= 4 is 21.2 Å². The molecule has 0 amide bonds. The highest BCUT2D eigenvalue weighted by molar-refractivity contribution is 7.90. The zero-order chi connectivity index (χ0) is 16.3. The molecule has 1 saturated carbocycles. The molecule has 22 heavy (non-hydrogen) atoms. The molecule has 1 N–H and O–H groups in total. The number of anilines is 1. The highest BCUT2D eigenvalue weighted by Crippen LogP contribution is 2.32. The summed E-state index contributed by atoms with van der Waals surface area (Å²) in [5.41, 5.74) is 0.196. The fourth-order valence-corrected chi connectivity index (χ4v) is 3.62. The Labute approximate surface area is 131 Å². The lowest BCUT2D eigenvalue weighted by Crippen LogP contribution is -2.24. The molecule has 0 radical (unpaired) electrons. The third-order valence-electron chi connectivity index (χ3n) is 4.44. The summed E-state index contributed by atoms with van der Waals surface area (Å²) in [5.74, 6) is 1.11. The SMILES string of the molecule is CC1CCCCC1CNc1ccc(S(C)(=O)=O)cc1[N+](=O)[O-]. The van der Waals surface area contributed by atoms with Gasteiger partial charge >= 0.3 is 0 Å². The van der Waals surface area contributed by atoms with Gasteiger partial charge in [-0.25, -0.2) is 8.42 Å². The molecule has 1 fully saturated rings. The molecular weight excluding hydrogens is 304 g/mol. The van der Waals surface area contributed by atoms with Gasteiger partial charge in [0, 0.05) is 18.9 Å². The van der Waals surface area contributed by atoms with Crippen LogP contribution in [0.1, 0.15) is 32.6 Å². The molecule has 0 spiro atoms. The van der Waals surface area contributed by atoms with Gasteiger partial charge in [0.1, 0.15) is 5.69 Å². The van der Waals surface area contributed by atoms with Gasteiger partial charge in [0.25, 0.3) is 5.69 Å². The van der Waals surface area contributed by atoms with Gasteiger partial charge in [-0.3, -0.25) is 10.1 Å². The van der Waals surface area contributed by atoms with E-state index in [0.29, 0.717) is 24.1 Å². The average molecular weight is 326 g/mol. The summed E-state index contributed by atoms with van der Waals surface area (Å²) in [6, 6.07) is 4.03. The number of sulfone groups is 1. The lowest BCUT2D eigenvalue weighted by atomic mass is 9.80. The van der Waals surface area contributed by atoms with E-state index in [1.54, 1.807) is 0 Å². The highest BCUT2D eigenvalue weighted by Gasteiger charge is 2.23. The van der Waals surface area contributed by atoms with Crippen LogP contribution in [0.4, 0.5) is 11.4 Å². The van der Waals surface area contributed by atoms with Gasteiger partial charge in [-0.2, -0.15) is 0 Å². The number of hydrogen-bond acceptors (Lipinski definition) is 5. The summed E-state index contributed by atoms with van der Waals surface area (Å²) < 4.78 is 23.0. The second kappa shape index (κ2) is 6.64. The van der Waals surface area contributed by atoms with E-state index in [1.807, 2.05) is 0 Å². The van der Waals surface area contributed by atoms with Gasteiger partial charge in [-0.05, 0) is 30.4 Å². The molecule has 0 aromatic heterocycles. The van der Waals surface area contributed by atoms with Crippen LogP contribution in [0.25, 0.3) is 0 Å². The third kappa shape index (κ3) is 3.97. The predicted octanol–water partition coefficient (Wildman–Crippen LogP) is 3.24. The van der Waals surface area contributed by atoms with E-state index in [1.165, 1.54) is 31.4 Å². The van der Waals surface area contributed by atoms with Crippen LogP contribution in [-0.2, 0) is 9.84 Å². The number of nitrogens with zero attached hydrogens (tertiary/aromatic N) is 1. The molecular formula is C15H22N2O4S. The minimum atomic E-state index is -3.45. The molecule has 1 aromatic carbocycles. The minimum absolute atomic E-state index is 0.0317. The summed E-state index contributed by atoms with van der Waals surface area (Å²) in [6.45, 7) is 2.90. The zero-order valence-corrected chi connectivity index (χ0v) is 13.7. The molecule has 1 aliphatic rings. The Balaban J connectivity index is 2.18. The van der Waals surface area contributed by atoms with Crippen molar-refractivity contribution in [3.05, 3.63) is 28.3 Å². The van der Waals surface area contributed by atoms with Crippen LogP contribution >= 0.6 is 0 Å².